The fourth-order valence-corrected chi connectivity index (χ4v) is 2.88. The van der Waals surface area contributed by atoms with Crippen LogP contribution in [-0.4, -0.2) is 33.1 Å². The van der Waals surface area contributed by atoms with Crippen LogP contribution >= 0.6 is 15.9 Å². The molecule has 0 spiro atoms. The smallest absolute Gasteiger partial charge is 0.151 e. The number of hydrogen-bond acceptors (Lipinski definition) is 4. The molecule has 3 rings (SSSR count). The van der Waals surface area contributed by atoms with Crippen molar-refractivity contribution in [3.8, 4) is 0 Å². The van der Waals surface area contributed by atoms with E-state index in [-0.39, 0.29) is 5.41 Å². The third-order valence-corrected chi connectivity index (χ3v) is 4.26. The summed E-state index contributed by atoms with van der Waals surface area (Å²) in [6, 6.07) is 4.56. The van der Waals surface area contributed by atoms with Crippen LogP contribution in [0.1, 0.15) is 38.9 Å². The maximum atomic E-state index is 4.40. The zero-order valence-corrected chi connectivity index (χ0v) is 14.2. The Kier molecular flexibility index (Phi) is 3.73. The minimum Gasteiger partial charge on any atom is -0.353 e. The van der Waals surface area contributed by atoms with Crippen molar-refractivity contribution in [1.82, 2.24) is 20.0 Å². The van der Waals surface area contributed by atoms with Crippen molar-refractivity contribution < 1.29 is 0 Å². The van der Waals surface area contributed by atoms with E-state index in [0.717, 1.165) is 35.5 Å². The molecule has 0 saturated carbocycles. The average molecular weight is 350 g/mol. The highest BCUT2D eigenvalue weighted by atomic mass is 79.9. The van der Waals surface area contributed by atoms with Gasteiger partial charge in [-0.3, -0.25) is 4.68 Å². The van der Waals surface area contributed by atoms with Crippen molar-refractivity contribution in [2.24, 2.45) is 0 Å². The maximum Gasteiger partial charge on any atom is 0.151 e. The van der Waals surface area contributed by atoms with Gasteiger partial charge in [0, 0.05) is 24.7 Å². The van der Waals surface area contributed by atoms with Gasteiger partial charge in [0.1, 0.15) is 0 Å². The first-order valence-electron chi connectivity index (χ1n) is 7.22. The van der Waals surface area contributed by atoms with Crippen molar-refractivity contribution in [1.29, 1.82) is 0 Å². The Bertz CT molecular complexity index is 614. The quantitative estimate of drug-likeness (QED) is 0.835. The molecule has 2 aromatic rings. The van der Waals surface area contributed by atoms with Crippen LogP contribution < -0.4 is 4.90 Å². The molecule has 5 nitrogen and oxygen atoms in total. The molecule has 1 aliphatic rings. The molecule has 0 aromatic carbocycles. The molecule has 3 heterocycles. The Morgan fingerprint density at radius 2 is 2.05 bits per heavy atom. The second-order valence-corrected chi connectivity index (χ2v) is 7.47. The van der Waals surface area contributed by atoms with Crippen molar-refractivity contribution >= 4 is 21.7 Å². The third kappa shape index (κ3) is 3.10. The molecule has 0 radical (unpaired) electrons. The molecule has 1 saturated heterocycles. The third-order valence-electron chi connectivity index (χ3n) is 3.85. The highest BCUT2D eigenvalue weighted by Gasteiger charge is 2.26. The van der Waals surface area contributed by atoms with Crippen molar-refractivity contribution in [3.63, 3.8) is 0 Å². The van der Waals surface area contributed by atoms with Crippen LogP contribution in [-0.2, 0) is 5.41 Å². The summed E-state index contributed by atoms with van der Waals surface area (Å²) in [4.78, 5) is 2.28. The number of halogens is 1. The predicted octanol–water partition coefficient (Wildman–Crippen LogP) is 3.18. The molecule has 112 valence electrons. The second-order valence-electron chi connectivity index (χ2n) is 6.55. The van der Waals surface area contributed by atoms with Crippen LogP contribution in [0.4, 0.5) is 5.82 Å². The number of rotatable bonds is 2. The summed E-state index contributed by atoms with van der Waals surface area (Å²) in [6.07, 6.45) is 4.94. The van der Waals surface area contributed by atoms with E-state index in [0.29, 0.717) is 6.04 Å². The van der Waals surface area contributed by atoms with E-state index in [9.17, 15) is 0 Å². The SMILES string of the molecule is CC(C)(C)c1ccc(N2CCC(n3cc(Br)cn3)C2)nn1. The second kappa shape index (κ2) is 5.40. The highest BCUT2D eigenvalue weighted by molar-refractivity contribution is 9.10. The van der Waals surface area contributed by atoms with Crippen LogP contribution in [0.2, 0.25) is 0 Å². The Morgan fingerprint density at radius 1 is 1.24 bits per heavy atom. The lowest BCUT2D eigenvalue weighted by Crippen LogP contribution is -2.23. The summed E-state index contributed by atoms with van der Waals surface area (Å²) in [5.41, 5.74) is 1.07. The van der Waals surface area contributed by atoms with Gasteiger partial charge in [0.2, 0.25) is 0 Å². The Morgan fingerprint density at radius 3 is 2.62 bits per heavy atom. The van der Waals surface area contributed by atoms with E-state index in [4.69, 9.17) is 0 Å². The molecule has 1 atom stereocenters. The van der Waals surface area contributed by atoms with Crippen LogP contribution in [0, 0.1) is 0 Å². The minimum atomic E-state index is 0.0421. The fourth-order valence-electron chi connectivity index (χ4n) is 2.57. The van der Waals surface area contributed by atoms with Gasteiger partial charge in [-0.05, 0) is 34.5 Å². The average Bonchev–Trinajstić information content (AvgIpc) is 3.06. The van der Waals surface area contributed by atoms with Crippen LogP contribution in [0.3, 0.4) is 0 Å². The number of nitrogens with zero attached hydrogens (tertiary/aromatic N) is 5. The fraction of sp³-hybridized carbons (Fsp3) is 0.533. The minimum absolute atomic E-state index is 0.0421. The Labute approximate surface area is 133 Å². The molecule has 0 bridgehead atoms. The summed E-state index contributed by atoms with van der Waals surface area (Å²) >= 11 is 3.45. The van der Waals surface area contributed by atoms with Gasteiger partial charge in [0.05, 0.1) is 22.4 Å². The number of anilines is 1. The van der Waals surface area contributed by atoms with Crippen LogP contribution in [0.5, 0.6) is 0 Å². The molecular formula is C15H20BrN5. The van der Waals surface area contributed by atoms with Gasteiger partial charge < -0.3 is 4.90 Å². The van der Waals surface area contributed by atoms with Gasteiger partial charge >= 0.3 is 0 Å². The largest absolute Gasteiger partial charge is 0.353 e. The van der Waals surface area contributed by atoms with Crippen molar-refractivity contribution in [2.45, 2.75) is 38.6 Å². The van der Waals surface area contributed by atoms with Crippen molar-refractivity contribution in [3.05, 3.63) is 34.7 Å². The van der Waals surface area contributed by atoms with Gasteiger partial charge in [-0.25, -0.2) is 0 Å². The molecule has 2 aromatic heterocycles. The van der Waals surface area contributed by atoms with Gasteiger partial charge in [0.15, 0.2) is 5.82 Å². The summed E-state index contributed by atoms with van der Waals surface area (Å²) in [7, 11) is 0. The molecule has 1 unspecified atom stereocenters. The summed E-state index contributed by atoms with van der Waals surface area (Å²) < 4.78 is 3.05. The van der Waals surface area contributed by atoms with Gasteiger partial charge in [-0.1, -0.05) is 20.8 Å². The van der Waals surface area contributed by atoms with Crippen LogP contribution in [0.25, 0.3) is 0 Å². The zero-order chi connectivity index (χ0) is 15.0. The molecule has 0 N–H and O–H groups in total. The lowest BCUT2D eigenvalue weighted by Gasteiger charge is -2.20. The lowest BCUT2D eigenvalue weighted by atomic mass is 9.92. The van der Waals surface area contributed by atoms with Gasteiger partial charge in [-0.15, -0.1) is 5.10 Å². The topological polar surface area (TPSA) is 46.8 Å². The Hall–Kier alpha value is -1.43. The first-order chi connectivity index (χ1) is 9.93. The van der Waals surface area contributed by atoms with Crippen molar-refractivity contribution in [2.75, 3.05) is 18.0 Å². The molecule has 21 heavy (non-hydrogen) atoms. The predicted molar refractivity (Wildman–Crippen MR) is 86.5 cm³/mol. The first kappa shape index (κ1) is 14.5. The first-order valence-corrected chi connectivity index (χ1v) is 8.01. The highest BCUT2D eigenvalue weighted by Crippen LogP contribution is 2.27. The molecule has 1 fully saturated rings. The van der Waals surface area contributed by atoms with E-state index in [2.05, 4.69) is 69.0 Å². The molecular weight excluding hydrogens is 330 g/mol. The van der Waals surface area contributed by atoms with Crippen LogP contribution in [0.15, 0.2) is 29.0 Å². The number of hydrogen-bond donors (Lipinski definition) is 0. The zero-order valence-electron chi connectivity index (χ0n) is 12.6. The van der Waals surface area contributed by atoms with E-state index in [1.54, 1.807) is 0 Å². The summed E-state index contributed by atoms with van der Waals surface area (Å²) in [5.74, 6) is 0.955. The number of aromatic nitrogens is 4. The van der Waals surface area contributed by atoms with Gasteiger partial charge in [-0.2, -0.15) is 10.2 Å². The molecule has 1 aliphatic heterocycles. The van der Waals surface area contributed by atoms with E-state index in [1.807, 2.05) is 17.1 Å². The Balaban J connectivity index is 1.71. The lowest BCUT2D eigenvalue weighted by molar-refractivity contribution is 0.494. The maximum absolute atomic E-state index is 4.40. The summed E-state index contributed by atoms with van der Waals surface area (Å²) in [6.45, 7) is 8.37. The van der Waals surface area contributed by atoms with Gasteiger partial charge in [0.25, 0.3) is 0 Å². The molecule has 0 amide bonds. The van der Waals surface area contributed by atoms with E-state index < -0.39 is 0 Å². The molecule has 0 aliphatic carbocycles. The normalized spacial score (nSPS) is 19.2. The summed E-state index contributed by atoms with van der Waals surface area (Å²) in [5, 5.41) is 13.2. The van der Waals surface area contributed by atoms with E-state index >= 15 is 0 Å². The monoisotopic (exact) mass is 349 g/mol. The standard InChI is InChI=1S/C15H20BrN5/c1-15(2,3)13-4-5-14(19-18-13)20-7-6-12(10-20)21-9-11(16)8-17-21/h4-5,8-9,12H,6-7,10H2,1-3H3. The molecule has 6 heteroatoms. The van der Waals surface area contributed by atoms with E-state index in [1.165, 1.54) is 0 Å².